The van der Waals surface area contributed by atoms with Crippen molar-refractivity contribution in [3.63, 3.8) is 0 Å². The number of halogens is 1. The fourth-order valence-electron chi connectivity index (χ4n) is 4.87. The highest BCUT2D eigenvalue weighted by Crippen LogP contribution is 2.36. The van der Waals surface area contributed by atoms with E-state index < -0.39 is 11.4 Å². The van der Waals surface area contributed by atoms with Crippen molar-refractivity contribution in [2.24, 2.45) is 0 Å². The maximum Gasteiger partial charge on any atom is 0.410 e. The average Bonchev–Trinajstić information content (AvgIpc) is 3.10. The van der Waals surface area contributed by atoms with Crippen LogP contribution in [0.2, 0.25) is 0 Å². The lowest BCUT2D eigenvalue weighted by molar-refractivity contribution is 0.00827. The largest absolute Gasteiger partial charge is 0.444 e. The summed E-state index contributed by atoms with van der Waals surface area (Å²) in [7, 11) is 0. The second-order valence-electron chi connectivity index (χ2n) is 11.0. The van der Waals surface area contributed by atoms with Gasteiger partial charge in [0.05, 0.1) is 23.0 Å². The molecule has 0 bridgehead atoms. The van der Waals surface area contributed by atoms with Gasteiger partial charge in [-0.15, -0.1) is 0 Å². The van der Waals surface area contributed by atoms with Crippen molar-refractivity contribution in [2.45, 2.75) is 72.1 Å². The van der Waals surface area contributed by atoms with Crippen molar-refractivity contribution in [1.82, 2.24) is 19.4 Å². The predicted molar refractivity (Wildman–Crippen MR) is 138 cm³/mol. The highest BCUT2D eigenvalue weighted by atomic mass is 19.1. The van der Waals surface area contributed by atoms with Gasteiger partial charge in [0.1, 0.15) is 11.4 Å². The first-order chi connectivity index (χ1) is 16.9. The lowest BCUT2D eigenvalue weighted by Gasteiger charge is -2.39. The minimum Gasteiger partial charge on any atom is -0.444 e. The Morgan fingerprint density at radius 1 is 1.11 bits per heavy atom. The minimum absolute atomic E-state index is 0.0407. The number of benzene rings is 1. The quantitative estimate of drug-likeness (QED) is 0.452. The van der Waals surface area contributed by atoms with Gasteiger partial charge in [0.2, 0.25) is 0 Å². The molecule has 1 aliphatic rings. The normalized spacial score (nSPS) is 14.4. The van der Waals surface area contributed by atoms with Gasteiger partial charge in [0.25, 0.3) is 5.91 Å². The van der Waals surface area contributed by atoms with E-state index in [0.717, 1.165) is 16.5 Å². The van der Waals surface area contributed by atoms with Gasteiger partial charge in [-0.1, -0.05) is 0 Å². The Balaban J connectivity index is 1.73. The number of rotatable bonds is 5. The van der Waals surface area contributed by atoms with Gasteiger partial charge in [-0.05, 0) is 78.3 Å². The maximum absolute atomic E-state index is 14.4. The van der Waals surface area contributed by atoms with Gasteiger partial charge in [-0.3, -0.25) is 9.78 Å². The van der Waals surface area contributed by atoms with Crippen LogP contribution in [0.25, 0.3) is 16.6 Å². The Bertz CT molecular complexity index is 1280. The number of carbonyl (C=O) groups excluding carboxylic acids is 2. The highest BCUT2D eigenvalue weighted by molar-refractivity contribution is 5.99. The van der Waals surface area contributed by atoms with Crippen LogP contribution in [0.3, 0.4) is 0 Å². The topological polar surface area (TPSA) is 67.7 Å². The van der Waals surface area contributed by atoms with Crippen LogP contribution in [-0.4, -0.2) is 62.1 Å². The molecule has 192 valence electrons. The van der Waals surface area contributed by atoms with Crippen LogP contribution < -0.4 is 0 Å². The first-order valence-electron chi connectivity index (χ1n) is 12.4. The summed E-state index contributed by atoms with van der Waals surface area (Å²) in [6.07, 6.45) is 5.15. The van der Waals surface area contributed by atoms with Crippen LogP contribution >= 0.6 is 0 Å². The SMILES string of the molecule is CC(C)N(C(=O)c1cc(F)ccc1-n1cc(C2CN(C(=O)OC(C)(C)C)C2)c2ccncc21)C(C)C. The van der Waals surface area contributed by atoms with Crippen LogP contribution in [0.4, 0.5) is 9.18 Å². The fourth-order valence-corrected chi connectivity index (χ4v) is 4.87. The molecular weight excluding hydrogens is 459 g/mol. The van der Waals surface area contributed by atoms with Gasteiger partial charge < -0.3 is 19.1 Å². The van der Waals surface area contributed by atoms with Crippen molar-refractivity contribution in [3.8, 4) is 5.69 Å². The zero-order chi connectivity index (χ0) is 26.4. The third-order valence-corrected chi connectivity index (χ3v) is 6.41. The molecule has 0 aliphatic carbocycles. The standard InChI is InChI=1S/C28H35FN4O3/c1-17(2)33(18(3)4)26(34)22-12-20(29)8-9-24(22)32-16-23(21-10-11-30-13-25(21)32)19-14-31(15-19)27(35)36-28(5,6)7/h8-13,16-19H,14-15H2,1-7H3. The number of likely N-dealkylation sites (tertiary alicyclic amines) is 1. The molecule has 1 aliphatic heterocycles. The molecule has 0 spiro atoms. The average molecular weight is 495 g/mol. The van der Waals surface area contributed by atoms with Crippen LogP contribution in [0.15, 0.2) is 42.9 Å². The maximum atomic E-state index is 14.4. The van der Waals surface area contributed by atoms with Crippen molar-refractivity contribution in [1.29, 1.82) is 0 Å². The van der Waals surface area contributed by atoms with Crippen LogP contribution in [0.1, 0.15) is 70.3 Å². The molecule has 2 aromatic heterocycles. The summed E-state index contributed by atoms with van der Waals surface area (Å²) >= 11 is 0. The van der Waals surface area contributed by atoms with E-state index in [1.807, 2.05) is 65.3 Å². The molecule has 0 N–H and O–H groups in total. The van der Waals surface area contributed by atoms with Gasteiger partial charge in [0.15, 0.2) is 0 Å². The molecule has 0 saturated carbocycles. The summed E-state index contributed by atoms with van der Waals surface area (Å²) in [6, 6.07) is 6.19. The third kappa shape index (κ3) is 4.94. The van der Waals surface area contributed by atoms with Crippen LogP contribution in [0.5, 0.6) is 0 Å². The number of aromatic nitrogens is 2. The fraction of sp³-hybridized carbons (Fsp3) is 0.464. The third-order valence-electron chi connectivity index (χ3n) is 6.41. The van der Waals surface area contributed by atoms with Crippen molar-refractivity contribution in [2.75, 3.05) is 13.1 Å². The number of fused-ring (bicyclic) bond motifs is 1. The smallest absolute Gasteiger partial charge is 0.410 e. The van der Waals surface area contributed by atoms with E-state index in [0.29, 0.717) is 24.3 Å². The summed E-state index contributed by atoms with van der Waals surface area (Å²) in [5, 5.41) is 0.992. The van der Waals surface area contributed by atoms with Gasteiger partial charge in [-0.25, -0.2) is 9.18 Å². The molecule has 3 heterocycles. The second kappa shape index (κ2) is 9.56. The molecule has 7 nitrogen and oxygen atoms in total. The van der Waals surface area contributed by atoms with Crippen molar-refractivity contribution in [3.05, 3.63) is 59.8 Å². The molecular formula is C28H35FN4O3. The Hall–Kier alpha value is -3.42. The zero-order valence-electron chi connectivity index (χ0n) is 22.1. The van der Waals surface area contributed by atoms with Crippen LogP contribution in [0, 0.1) is 5.82 Å². The van der Waals surface area contributed by atoms with Crippen molar-refractivity contribution < 1.29 is 18.7 Å². The minimum atomic E-state index is -0.546. The van der Waals surface area contributed by atoms with E-state index in [9.17, 15) is 14.0 Å². The number of hydrogen-bond donors (Lipinski definition) is 0. The van der Waals surface area contributed by atoms with E-state index in [1.54, 1.807) is 28.3 Å². The number of pyridine rings is 1. The number of amides is 2. The zero-order valence-corrected chi connectivity index (χ0v) is 22.1. The highest BCUT2D eigenvalue weighted by Gasteiger charge is 2.36. The molecule has 1 fully saturated rings. The predicted octanol–water partition coefficient (Wildman–Crippen LogP) is 5.76. The van der Waals surface area contributed by atoms with E-state index in [1.165, 1.54) is 12.1 Å². The Kier molecular flexibility index (Phi) is 6.82. The van der Waals surface area contributed by atoms with Gasteiger partial charge >= 0.3 is 6.09 Å². The lowest BCUT2D eigenvalue weighted by atomic mass is 9.92. The molecule has 0 radical (unpaired) electrons. The molecule has 1 aromatic carbocycles. The van der Waals surface area contributed by atoms with Gasteiger partial charge in [-0.2, -0.15) is 0 Å². The summed E-state index contributed by atoms with van der Waals surface area (Å²) < 4.78 is 21.8. The number of hydrogen-bond acceptors (Lipinski definition) is 4. The summed E-state index contributed by atoms with van der Waals surface area (Å²) in [6.45, 7) is 14.5. The first-order valence-corrected chi connectivity index (χ1v) is 12.4. The molecule has 8 heteroatoms. The first kappa shape index (κ1) is 25.7. The Morgan fingerprint density at radius 2 is 1.78 bits per heavy atom. The Morgan fingerprint density at radius 3 is 2.39 bits per heavy atom. The molecule has 4 rings (SSSR count). The Labute approximate surface area is 211 Å². The second-order valence-corrected chi connectivity index (χ2v) is 11.0. The monoisotopic (exact) mass is 494 g/mol. The van der Waals surface area contributed by atoms with E-state index in [4.69, 9.17) is 4.74 Å². The van der Waals surface area contributed by atoms with E-state index in [-0.39, 0.29) is 30.0 Å². The summed E-state index contributed by atoms with van der Waals surface area (Å²) in [5.41, 5.74) is 2.23. The number of ether oxygens (including phenoxy) is 1. The molecule has 2 amide bonds. The van der Waals surface area contributed by atoms with Crippen LogP contribution in [-0.2, 0) is 4.74 Å². The number of carbonyl (C=O) groups is 2. The van der Waals surface area contributed by atoms with E-state index in [2.05, 4.69) is 4.98 Å². The molecule has 1 saturated heterocycles. The van der Waals surface area contributed by atoms with E-state index >= 15 is 0 Å². The molecule has 3 aromatic rings. The van der Waals surface area contributed by atoms with Crippen molar-refractivity contribution >= 4 is 22.9 Å². The molecule has 0 unspecified atom stereocenters. The molecule has 0 atom stereocenters. The lowest BCUT2D eigenvalue weighted by Crippen LogP contribution is -2.50. The van der Waals surface area contributed by atoms with Gasteiger partial charge in [0, 0.05) is 48.9 Å². The summed E-state index contributed by atoms with van der Waals surface area (Å²) in [4.78, 5) is 33.8. The molecule has 36 heavy (non-hydrogen) atoms. The summed E-state index contributed by atoms with van der Waals surface area (Å²) in [5.74, 6) is -0.566. The number of nitrogens with zero attached hydrogens (tertiary/aromatic N) is 4.